The van der Waals surface area contributed by atoms with Gasteiger partial charge in [0, 0.05) is 18.7 Å². The summed E-state index contributed by atoms with van der Waals surface area (Å²) in [4.78, 5) is 14.3. The van der Waals surface area contributed by atoms with Gasteiger partial charge in [-0.05, 0) is 27.7 Å². The minimum absolute atomic E-state index is 0.0516. The minimum atomic E-state index is 0.0516. The Bertz CT molecular complexity index is 395. The molecule has 1 aromatic heterocycles. The van der Waals surface area contributed by atoms with Gasteiger partial charge in [-0.25, -0.2) is 0 Å². The highest BCUT2D eigenvalue weighted by molar-refractivity contribution is 5.96. The van der Waals surface area contributed by atoms with Crippen LogP contribution in [0, 0.1) is 13.8 Å². The Hall–Kier alpha value is -1.29. The van der Waals surface area contributed by atoms with Crippen LogP contribution in [0.3, 0.4) is 0 Å². The van der Waals surface area contributed by atoms with Crippen LogP contribution in [-0.2, 0) is 4.74 Å². The van der Waals surface area contributed by atoms with Crippen LogP contribution in [0.2, 0.25) is 0 Å². The van der Waals surface area contributed by atoms with Crippen molar-refractivity contribution in [1.29, 1.82) is 0 Å². The Labute approximate surface area is 102 Å². The van der Waals surface area contributed by atoms with E-state index in [0.29, 0.717) is 24.4 Å². The molecular weight excluding hydrogens is 218 g/mol. The maximum absolute atomic E-state index is 12.4. The molecule has 1 fully saturated rings. The lowest BCUT2D eigenvalue weighted by Gasteiger charge is -2.35. The van der Waals surface area contributed by atoms with Gasteiger partial charge in [-0.2, -0.15) is 0 Å². The van der Waals surface area contributed by atoms with Gasteiger partial charge in [0.15, 0.2) is 0 Å². The molecule has 0 saturated carbocycles. The maximum Gasteiger partial charge on any atom is 0.257 e. The largest absolute Gasteiger partial charge is 0.469 e. The predicted molar refractivity (Wildman–Crippen MR) is 64.1 cm³/mol. The molecule has 0 bridgehead atoms. The summed E-state index contributed by atoms with van der Waals surface area (Å²) >= 11 is 0. The SMILES string of the molecule is Cc1coc(C)c1C(=O)N1CC(C)OC(C)C1. The average molecular weight is 237 g/mol. The zero-order valence-corrected chi connectivity index (χ0v) is 10.8. The Morgan fingerprint density at radius 3 is 2.35 bits per heavy atom. The Balaban J connectivity index is 2.20. The van der Waals surface area contributed by atoms with Crippen molar-refractivity contribution in [2.24, 2.45) is 0 Å². The summed E-state index contributed by atoms with van der Waals surface area (Å²) < 4.78 is 10.9. The van der Waals surface area contributed by atoms with Gasteiger partial charge >= 0.3 is 0 Å². The van der Waals surface area contributed by atoms with Gasteiger partial charge in [0.2, 0.25) is 0 Å². The monoisotopic (exact) mass is 237 g/mol. The molecule has 0 aromatic carbocycles. The second-order valence-corrected chi connectivity index (χ2v) is 4.82. The Morgan fingerprint density at radius 1 is 1.29 bits per heavy atom. The number of aryl methyl sites for hydroxylation is 2. The standard InChI is InChI=1S/C13H19NO3/c1-8-7-16-11(4)12(8)13(15)14-5-9(2)17-10(3)6-14/h7,9-10H,5-6H2,1-4H3. The number of hydrogen-bond acceptors (Lipinski definition) is 3. The number of furan rings is 1. The normalized spacial score (nSPS) is 25.1. The number of hydrogen-bond donors (Lipinski definition) is 0. The van der Waals surface area contributed by atoms with Gasteiger partial charge in [-0.1, -0.05) is 0 Å². The smallest absolute Gasteiger partial charge is 0.257 e. The molecule has 94 valence electrons. The van der Waals surface area contributed by atoms with Crippen molar-refractivity contribution >= 4 is 5.91 Å². The summed E-state index contributed by atoms with van der Waals surface area (Å²) in [5.74, 6) is 0.745. The summed E-state index contributed by atoms with van der Waals surface area (Å²) in [6.45, 7) is 9.00. The maximum atomic E-state index is 12.4. The summed E-state index contributed by atoms with van der Waals surface area (Å²) in [5.41, 5.74) is 1.60. The highest BCUT2D eigenvalue weighted by Gasteiger charge is 2.29. The number of morpholine rings is 1. The molecule has 17 heavy (non-hydrogen) atoms. The molecule has 1 aromatic rings. The number of carbonyl (C=O) groups is 1. The summed E-state index contributed by atoms with van der Waals surface area (Å²) in [6.07, 6.45) is 1.82. The third kappa shape index (κ3) is 2.36. The average Bonchev–Trinajstić information content (AvgIpc) is 2.56. The van der Waals surface area contributed by atoms with E-state index in [4.69, 9.17) is 9.15 Å². The van der Waals surface area contributed by atoms with Crippen molar-refractivity contribution in [3.05, 3.63) is 23.2 Å². The first-order chi connectivity index (χ1) is 7.99. The van der Waals surface area contributed by atoms with Gasteiger partial charge in [-0.15, -0.1) is 0 Å². The van der Waals surface area contributed by atoms with Crippen molar-refractivity contribution in [3.63, 3.8) is 0 Å². The second kappa shape index (κ2) is 4.53. The van der Waals surface area contributed by atoms with E-state index in [1.807, 2.05) is 32.6 Å². The first kappa shape index (κ1) is 12.2. The molecule has 0 spiro atoms. The Kier molecular flexibility index (Phi) is 3.24. The quantitative estimate of drug-likeness (QED) is 0.751. The van der Waals surface area contributed by atoms with Crippen LogP contribution < -0.4 is 0 Å². The molecule has 0 aliphatic carbocycles. The van der Waals surface area contributed by atoms with Crippen LogP contribution in [0.4, 0.5) is 0 Å². The van der Waals surface area contributed by atoms with Crippen LogP contribution in [0.25, 0.3) is 0 Å². The second-order valence-electron chi connectivity index (χ2n) is 4.82. The fourth-order valence-electron chi connectivity index (χ4n) is 2.39. The fourth-order valence-corrected chi connectivity index (χ4v) is 2.39. The topological polar surface area (TPSA) is 42.7 Å². The molecule has 2 atom stereocenters. The van der Waals surface area contributed by atoms with Crippen LogP contribution in [0.15, 0.2) is 10.7 Å². The highest BCUT2D eigenvalue weighted by atomic mass is 16.5. The zero-order valence-electron chi connectivity index (χ0n) is 10.8. The van der Waals surface area contributed by atoms with Gasteiger partial charge in [-0.3, -0.25) is 4.79 Å². The summed E-state index contributed by atoms with van der Waals surface area (Å²) in [5, 5.41) is 0. The molecule has 1 amide bonds. The molecule has 2 unspecified atom stereocenters. The molecule has 2 heterocycles. The van der Waals surface area contributed by atoms with E-state index < -0.39 is 0 Å². The van der Waals surface area contributed by atoms with Crippen molar-refractivity contribution < 1.29 is 13.9 Å². The third-order valence-electron chi connectivity index (χ3n) is 3.08. The number of rotatable bonds is 1. The molecule has 1 saturated heterocycles. The van der Waals surface area contributed by atoms with Crippen molar-refractivity contribution in [1.82, 2.24) is 4.90 Å². The van der Waals surface area contributed by atoms with E-state index in [-0.39, 0.29) is 18.1 Å². The molecule has 1 aliphatic rings. The molecule has 2 rings (SSSR count). The van der Waals surface area contributed by atoms with Crippen LogP contribution in [-0.4, -0.2) is 36.1 Å². The molecule has 0 N–H and O–H groups in total. The van der Waals surface area contributed by atoms with E-state index >= 15 is 0 Å². The summed E-state index contributed by atoms with van der Waals surface area (Å²) in [7, 11) is 0. The molecule has 4 heteroatoms. The van der Waals surface area contributed by atoms with E-state index in [1.54, 1.807) is 6.26 Å². The lowest BCUT2D eigenvalue weighted by Crippen LogP contribution is -2.48. The first-order valence-corrected chi connectivity index (χ1v) is 5.98. The van der Waals surface area contributed by atoms with E-state index in [0.717, 1.165) is 5.56 Å². The summed E-state index contributed by atoms with van der Waals surface area (Å²) in [6, 6.07) is 0. The number of nitrogens with zero attached hydrogens (tertiary/aromatic N) is 1. The van der Waals surface area contributed by atoms with Crippen molar-refractivity contribution in [2.45, 2.75) is 39.9 Å². The lowest BCUT2D eigenvalue weighted by atomic mass is 10.1. The third-order valence-corrected chi connectivity index (χ3v) is 3.08. The van der Waals surface area contributed by atoms with Gasteiger partial charge in [0.1, 0.15) is 5.76 Å². The van der Waals surface area contributed by atoms with Crippen molar-refractivity contribution in [3.8, 4) is 0 Å². The molecular formula is C13H19NO3. The fraction of sp³-hybridized carbons (Fsp3) is 0.615. The first-order valence-electron chi connectivity index (χ1n) is 5.98. The van der Waals surface area contributed by atoms with E-state index in [1.165, 1.54) is 0 Å². The Morgan fingerprint density at radius 2 is 1.88 bits per heavy atom. The van der Waals surface area contributed by atoms with Crippen LogP contribution in [0.5, 0.6) is 0 Å². The van der Waals surface area contributed by atoms with E-state index in [9.17, 15) is 4.79 Å². The predicted octanol–water partition coefficient (Wildman–Crippen LogP) is 2.15. The molecule has 0 radical (unpaired) electrons. The highest BCUT2D eigenvalue weighted by Crippen LogP contribution is 2.20. The van der Waals surface area contributed by atoms with Gasteiger partial charge < -0.3 is 14.1 Å². The number of carbonyl (C=O) groups excluding carboxylic acids is 1. The minimum Gasteiger partial charge on any atom is -0.469 e. The number of ether oxygens (including phenoxy) is 1. The zero-order chi connectivity index (χ0) is 12.6. The van der Waals surface area contributed by atoms with Crippen molar-refractivity contribution in [2.75, 3.05) is 13.1 Å². The van der Waals surface area contributed by atoms with E-state index in [2.05, 4.69) is 0 Å². The molecule has 4 nitrogen and oxygen atoms in total. The van der Waals surface area contributed by atoms with Gasteiger partial charge in [0.25, 0.3) is 5.91 Å². The number of amides is 1. The lowest BCUT2D eigenvalue weighted by molar-refractivity contribution is -0.0586. The van der Waals surface area contributed by atoms with Crippen LogP contribution in [0.1, 0.15) is 35.5 Å². The van der Waals surface area contributed by atoms with Gasteiger partial charge in [0.05, 0.1) is 24.0 Å². The van der Waals surface area contributed by atoms with Crippen LogP contribution >= 0.6 is 0 Å². The molecule has 1 aliphatic heterocycles.